The van der Waals surface area contributed by atoms with Gasteiger partial charge in [-0.05, 0) is 35.7 Å². The normalized spacial score (nSPS) is 13.9. The summed E-state index contributed by atoms with van der Waals surface area (Å²) < 4.78 is 10.6. The summed E-state index contributed by atoms with van der Waals surface area (Å²) in [6, 6.07) is 11.7. The third kappa shape index (κ3) is 6.45. The van der Waals surface area contributed by atoms with Crippen LogP contribution in [0.2, 0.25) is 0 Å². The summed E-state index contributed by atoms with van der Waals surface area (Å²) in [7, 11) is 3.10. The molecule has 0 fully saturated rings. The monoisotopic (exact) mass is 457 g/mol. The number of rotatable bonds is 9. The van der Waals surface area contributed by atoms with E-state index >= 15 is 0 Å². The second kappa shape index (κ2) is 11.9. The van der Waals surface area contributed by atoms with Crippen molar-refractivity contribution >= 4 is 17.8 Å². The zero-order chi connectivity index (χ0) is 24.5. The Balaban J connectivity index is 0.000000414. The van der Waals surface area contributed by atoms with Crippen LogP contribution in [-0.4, -0.2) is 48.1 Å². The van der Waals surface area contributed by atoms with E-state index in [0.29, 0.717) is 30.0 Å². The molecular formula is C24H31N3O6. The molecule has 2 aromatic carbocycles. The van der Waals surface area contributed by atoms with Crippen molar-refractivity contribution in [3.05, 3.63) is 59.2 Å². The number of hydrogen-bond acceptors (Lipinski definition) is 6. The first-order chi connectivity index (χ1) is 15.7. The molecule has 0 radical (unpaired) electrons. The quantitative estimate of drug-likeness (QED) is 0.524. The molecule has 178 valence electrons. The second-order valence-corrected chi connectivity index (χ2v) is 7.62. The van der Waals surface area contributed by atoms with Gasteiger partial charge in [0, 0.05) is 12.1 Å². The molecule has 1 heterocycles. The highest BCUT2D eigenvalue weighted by Gasteiger charge is 2.34. The average molecular weight is 458 g/mol. The van der Waals surface area contributed by atoms with Crippen LogP contribution in [-0.2, 0) is 16.1 Å². The predicted molar refractivity (Wildman–Crippen MR) is 123 cm³/mol. The summed E-state index contributed by atoms with van der Waals surface area (Å²) in [6.45, 7) is 2.35. The lowest BCUT2D eigenvalue weighted by atomic mass is 10.0. The molecule has 5 N–H and O–H groups in total. The Labute approximate surface area is 193 Å². The number of amides is 2. The predicted octanol–water partition coefficient (Wildman–Crippen LogP) is 2.47. The van der Waals surface area contributed by atoms with Crippen LogP contribution < -0.4 is 20.9 Å². The smallest absolute Gasteiger partial charge is 0.320 e. The highest BCUT2D eigenvalue weighted by Crippen LogP contribution is 2.37. The molecule has 1 aliphatic rings. The Morgan fingerprint density at radius 2 is 1.79 bits per heavy atom. The maximum atomic E-state index is 12.8. The van der Waals surface area contributed by atoms with Crippen LogP contribution in [0.5, 0.6) is 11.5 Å². The third-order valence-electron chi connectivity index (χ3n) is 5.33. The number of nitrogens with two attached hydrogens (primary N) is 2. The van der Waals surface area contributed by atoms with Gasteiger partial charge in [0.15, 0.2) is 11.5 Å². The molecule has 0 aromatic heterocycles. The van der Waals surface area contributed by atoms with E-state index in [0.717, 1.165) is 17.5 Å². The number of ether oxygens (including phenoxy) is 2. The van der Waals surface area contributed by atoms with E-state index in [9.17, 15) is 14.4 Å². The molecule has 1 aliphatic heterocycles. The first-order valence-corrected chi connectivity index (χ1v) is 10.6. The number of carboxylic acids is 1. The zero-order valence-corrected chi connectivity index (χ0v) is 19.1. The van der Waals surface area contributed by atoms with Gasteiger partial charge in [0.05, 0.1) is 26.7 Å². The maximum Gasteiger partial charge on any atom is 0.320 e. The molecule has 3 rings (SSSR count). The van der Waals surface area contributed by atoms with Crippen LogP contribution in [0, 0.1) is 0 Å². The number of primary amides is 1. The van der Waals surface area contributed by atoms with Crippen molar-refractivity contribution in [2.45, 2.75) is 44.8 Å². The van der Waals surface area contributed by atoms with E-state index in [-0.39, 0.29) is 12.3 Å². The molecular weight excluding hydrogens is 426 g/mol. The van der Waals surface area contributed by atoms with Crippen LogP contribution >= 0.6 is 0 Å². The standard InChI is InChI=1S/C19H20N2O4.C5H11NO2/c1-24-16-8-7-12(9-17(16)25-2)15(10-18(20)22)21-11-13-5-3-4-6-14(13)19(21)23;1-2-3-4(6)5(7)8/h3-9,15H,10-11H2,1-2H3,(H2,20,22);4H,2-3,6H2,1H3,(H,7,8). The van der Waals surface area contributed by atoms with Gasteiger partial charge in [-0.2, -0.15) is 0 Å². The Hall–Kier alpha value is -3.59. The van der Waals surface area contributed by atoms with E-state index in [1.807, 2.05) is 31.2 Å². The number of aliphatic carboxylic acids is 1. The Morgan fingerprint density at radius 3 is 2.30 bits per heavy atom. The van der Waals surface area contributed by atoms with Gasteiger partial charge in [0.1, 0.15) is 6.04 Å². The highest BCUT2D eigenvalue weighted by molar-refractivity contribution is 5.98. The van der Waals surface area contributed by atoms with Crippen LogP contribution in [0.1, 0.15) is 53.7 Å². The topological polar surface area (TPSA) is 145 Å². The van der Waals surface area contributed by atoms with Gasteiger partial charge >= 0.3 is 5.97 Å². The van der Waals surface area contributed by atoms with Crippen molar-refractivity contribution in [3.63, 3.8) is 0 Å². The molecule has 33 heavy (non-hydrogen) atoms. The number of carbonyl (C=O) groups excluding carboxylic acids is 2. The third-order valence-corrected chi connectivity index (χ3v) is 5.33. The number of carboxylic acid groups (broad SMARTS) is 1. The van der Waals surface area contributed by atoms with Gasteiger partial charge < -0.3 is 30.9 Å². The van der Waals surface area contributed by atoms with Crippen molar-refractivity contribution in [2.75, 3.05) is 14.2 Å². The lowest BCUT2D eigenvalue weighted by molar-refractivity contribution is -0.138. The fourth-order valence-corrected chi connectivity index (χ4v) is 3.62. The summed E-state index contributed by atoms with van der Waals surface area (Å²) in [5.74, 6) is -0.356. The Kier molecular flexibility index (Phi) is 9.23. The first kappa shape index (κ1) is 25.7. The number of carbonyl (C=O) groups is 3. The van der Waals surface area contributed by atoms with Gasteiger partial charge in [-0.25, -0.2) is 0 Å². The minimum Gasteiger partial charge on any atom is -0.493 e. The maximum absolute atomic E-state index is 12.8. The molecule has 0 saturated heterocycles. The van der Waals surface area contributed by atoms with Crippen LogP contribution in [0.3, 0.4) is 0 Å². The molecule has 9 heteroatoms. The summed E-state index contributed by atoms with van der Waals surface area (Å²) in [6.07, 6.45) is 1.43. The van der Waals surface area contributed by atoms with Gasteiger partial charge in [-0.1, -0.05) is 37.6 Å². The summed E-state index contributed by atoms with van der Waals surface area (Å²) >= 11 is 0. The van der Waals surface area contributed by atoms with Crippen molar-refractivity contribution in [1.29, 1.82) is 0 Å². The molecule has 2 aromatic rings. The van der Waals surface area contributed by atoms with Crippen molar-refractivity contribution in [3.8, 4) is 11.5 Å². The van der Waals surface area contributed by atoms with E-state index in [1.54, 1.807) is 37.3 Å². The number of hydrogen-bond donors (Lipinski definition) is 3. The fraction of sp³-hybridized carbons (Fsp3) is 0.375. The average Bonchev–Trinajstić information content (AvgIpc) is 3.13. The molecule has 0 bridgehead atoms. The molecule has 0 aliphatic carbocycles. The number of fused-ring (bicyclic) bond motifs is 1. The molecule has 2 amide bonds. The van der Waals surface area contributed by atoms with Crippen LogP contribution in [0.15, 0.2) is 42.5 Å². The lowest BCUT2D eigenvalue weighted by Crippen LogP contribution is -2.32. The van der Waals surface area contributed by atoms with Crippen LogP contribution in [0.4, 0.5) is 0 Å². The minimum atomic E-state index is -0.910. The van der Waals surface area contributed by atoms with Crippen molar-refractivity contribution < 1.29 is 29.0 Å². The van der Waals surface area contributed by atoms with Crippen LogP contribution in [0.25, 0.3) is 0 Å². The highest BCUT2D eigenvalue weighted by atomic mass is 16.5. The summed E-state index contributed by atoms with van der Waals surface area (Å²) in [4.78, 5) is 36.1. The van der Waals surface area contributed by atoms with E-state index < -0.39 is 24.0 Å². The second-order valence-electron chi connectivity index (χ2n) is 7.62. The van der Waals surface area contributed by atoms with Crippen molar-refractivity contribution in [1.82, 2.24) is 4.90 Å². The molecule has 2 atom stereocenters. The van der Waals surface area contributed by atoms with Gasteiger partial charge in [0.2, 0.25) is 5.91 Å². The van der Waals surface area contributed by atoms with Gasteiger partial charge in [-0.15, -0.1) is 0 Å². The van der Waals surface area contributed by atoms with E-state index in [2.05, 4.69) is 0 Å². The van der Waals surface area contributed by atoms with E-state index in [4.69, 9.17) is 26.0 Å². The summed E-state index contributed by atoms with van der Waals surface area (Å²) in [5.41, 5.74) is 13.0. The van der Waals surface area contributed by atoms with Crippen molar-refractivity contribution in [2.24, 2.45) is 11.5 Å². The zero-order valence-electron chi connectivity index (χ0n) is 19.1. The lowest BCUT2D eigenvalue weighted by Gasteiger charge is -2.28. The largest absolute Gasteiger partial charge is 0.493 e. The minimum absolute atomic E-state index is 0.0369. The number of benzene rings is 2. The molecule has 9 nitrogen and oxygen atoms in total. The Bertz CT molecular complexity index is 994. The molecule has 0 saturated carbocycles. The molecule has 0 spiro atoms. The fourth-order valence-electron chi connectivity index (χ4n) is 3.62. The van der Waals surface area contributed by atoms with Gasteiger partial charge in [-0.3, -0.25) is 14.4 Å². The summed E-state index contributed by atoms with van der Waals surface area (Å²) in [5, 5.41) is 8.19. The van der Waals surface area contributed by atoms with Gasteiger partial charge in [0.25, 0.3) is 5.91 Å². The number of nitrogens with zero attached hydrogens (tertiary/aromatic N) is 1. The number of methoxy groups -OCH3 is 2. The molecule has 2 unspecified atom stereocenters. The first-order valence-electron chi connectivity index (χ1n) is 10.6. The van der Waals surface area contributed by atoms with E-state index in [1.165, 1.54) is 0 Å². The Morgan fingerprint density at radius 1 is 1.12 bits per heavy atom. The SMILES string of the molecule is CCCC(N)C(=O)O.COc1ccc(C(CC(N)=O)N2Cc3ccccc3C2=O)cc1OC.